The number of aromatic hydroxyl groups is 1. The van der Waals surface area contributed by atoms with Gasteiger partial charge in [0.25, 0.3) is 0 Å². The Bertz CT molecular complexity index is 1040. The minimum atomic E-state index is 0.128. The van der Waals surface area contributed by atoms with Crippen molar-refractivity contribution in [3.63, 3.8) is 0 Å². The fourth-order valence-electron chi connectivity index (χ4n) is 3.83. The largest absolute Gasteiger partial charge is 0.507 e. The van der Waals surface area contributed by atoms with Gasteiger partial charge in [-0.15, -0.1) is 10.2 Å². The maximum absolute atomic E-state index is 10.5. The van der Waals surface area contributed by atoms with Crippen LogP contribution in [0.1, 0.15) is 39.0 Å². The highest BCUT2D eigenvalue weighted by atomic mass is 16.5. The molecule has 2 fully saturated rings. The summed E-state index contributed by atoms with van der Waals surface area (Å²) in [4.78, 5) is 10.4. The molecular formula is C24H30N6O2. The van der Waals surface area contributed by atoms with E-state index in [0.717, 1.165) is 24.5 Å². The number of nitrogens with two attached hydrogens (primary N) is 1. The average molecular weight is 435 g/mol. The molecular weight excluding hydrogens is 404 g/mol. The van der Waals surface area contributed by atoms with Crippen LogP contribution in [0.4, 0.5) is 5.82 Å². The zero-order valence-corrected chi connectivity index (χ0v) is 18.7. The van der Waals surface area contributed by atoms with E-state index in [9.17, 15) is 5.11 Å². The van der Waals surface area contributed by atoms with E-state index in [-0.39, 0.29) is 11.3 Å². The highest BCUT2D eigenvalue weighted by Crippen LogP contribution is 2.32. The molecule has 1 aromatic carbocycles. The second-order valence-corrected chi connectivity index (χ2v) is 8.66. The SMILES string of the molecule is CC1(N)CCC1.COc1cc(-c2ccc(-c3ccc(N4CCCC4)nn3)c(O)c2)ncn1. The third-order valence-electron chi connectivity index (χ3n) is 6.00. The molecule has 0 atom stereocenters. The molecule has 0 spiro atoms. The number of methoxy groups -OCH3 is 1. The highest BCUT2D eigenvalue weighted by molar-refractivity contribution is 5.73. The zero-order valence-electron chi connectivity index (χ0n) is 18.7. The van der Waals surface area contributed by atoms with Crippen molar-refractivity contribution in [2.45, 2.75) is 44.6 Å². The van der Waals surface area contributed by atoms with Gasteiger partial charge in [-0.3, -0.25) is 0 Å². The quantitative estimate of drug-likeness (QED) is 0.638. The molecule has 168 valence electrons. The maximum atomic E-state index is 10.5. The molecule has 8 nitrogen and oxygen atoms in total. The van der Waals surface area contributed by atoms with Crippen molar-refractivity contribution in [3.05, 3.63) is 42.7 Å². The summed E-state index contributed by atoms with van der Waals surface area (Å²) in [6.45, 7) is 4.16. The van der Waals surface area contributed by atoms with Crippen LogP contribution in [0.5, 0.6) is 11.6 Å². The van der Waals surface area contributed by atoms with Gasteiger partial charge in [-0.1, -0.05) is 6.07 Å². The van der Waals surface area contributed by atoms with E-state index in [1.807, 2.05) is 24.3 Å². The van der Waals surface area contributed by atoms with Crippen LogP contribution < -0.4 is 15.4 Å². The number of hydrogen-bond acceptors (Lipinski definition) is 8. The summed E-state index contributed by atoms with van der Waals surface area (Å²) in [5, 5.41) is 19.1. The summed E-state index contributed by atoms with van der Waals surface area (Å²) < 4.78 is 5.12. The minimum absolute atomic E-state index is 0.128. The van der Waals surface area contributed by atoms with Crippen LogP contribution in [0.2, 0.25) is 0 Å². The average Bonchev–Trinajstić information content (AvgIpc) is 3.34. The predicted octanol–water partition coefficient (Wildman–Crippen LogP) is 3.80. The molecule has 0 bridgehead atoms. The number of nitrogens with zero attached hydrogens (tertiary/aromatic N) is 5. The minimum Gasteiger partial charge on any atom is -0.507 e. The van der Waals surface area contributed by atoms with Crippen molar-refractivity contribution in [2.24, 2.45) is 5.73 Å². The number of phenols is 1. The Morgan fingerprint density at radius 3 is 2.28 bits per heavy atom. The van der Waals surface area contributed by atoms with Crippen LogP contribution in [0.25, 0.3) is 22.5 Å². The topological polar surface area (TPSA) is 110 Å². The van der Waals surface area contributed by atoms with Crippen LogP contribution in [0.15, 0.2) is 42.7 Å². The molecule has 1 saturated carbocycles. The molecule has 0 amide bonds. The number of aromatic nitrogens is 4. The van der Waals surface area contributed by atoms with E-state index in [2.05, 4.69) is 32.0 Å². The molecule has 5 rings (SSSR count). The Labute approximate surface area is 188 Å². The first kappa shape index (κ1) is 22.0. The Hall–Kier alpha value is -3.26. The zero-order chi connectivity index (χ0) is 22.6. The Morgan fingerprint density at radius 1 is 0.969 bits per heavy atom. The van der Waals surface area contributed by atoms with Gasteiger partial charge < -0.3 is 20.5 Å². The lowest BCUT2D eigenvalue weighted by atomic mass is 9.80. The molecule has 1 aliphatic heterocycles. The Balaban J connectivity index is 0.000000354. The summed E-state index contributed by atoms with van der Waals surface area (Å²) in [6, 6.07) is 10.9. The number of ether oxygens (including phenoxy) is 1. The Kier molecular flexibility index (Phi) is 6.50. The normalized spacial score (nSPS) is 16.7. The molecule has 1 aliphatic carbocycles. The van der Waals surface area contributed by atoms with Crippen LogP contribution in [-0.4, -0.2) is 51.0 Å². The number of rotatable bonds is 4. The van der Waals surface area contributed by atoms with Gasteiger partial charge in [0.15, 0.2) is 5.82 Å². The molecule has 2 aromatic heterocycles. The second-order valence-electron chi connectivity index (χ2n) is 8.66. The van der Waals surface area contributed by atoms with Crippen molar-refractivity contribution in [2.75, 3.05) is 25.1 Å². The molecule has 0 radical (unpaired) electrons. The third-order valence-corrected chi connectivity index (χ3v) is 6.00. The highest BCUT2D eigenvalue weighted by Gasteiger charge is 2.25. The maximum Gasteiger partial charge on any atom is 0.216 e. The monoisotopic (exact) mass is 434 g/mol. The smallest absolute Gasteiger partial charge is 0.216 e. The molecule has 3 aromatic rings. The van der Waals surface area contributed by atoms with Crippen LogP contribution >= 0.6 is 0 Å². The lowest BCUT2D eigenvalue weighted by molar-refractivity contribution is 0.277. The van der Waals surface area contributed by atoms with E-state index in [4.69, 9.17) is 10.5 Å². The van der Waals surface area contributed by atoms with E-state index in [0.29, 0.717) is 22.8 Å². The van der Waals surface area contributed by atoms with Gasteiger partial charge in [-0.05, 0) is 63.3 Å². The molecule has 1 saturated heterocycles. The molecule has 2 aliphatic rings. The van der Waals surface area contributed by atoms with Crippen molar-refractivity contribution in [1.82, 2.24) is 20.2 Å². The number of benzene rings is 1. The number of phenolic OH excluding ortho intramolecular Hbond substituents is 1. The molecule has 8 heteroatoms. The first-order chi connectivity index (χ1) is 15.4. The fourth-order valence-corrected chi connectivity index (χ4v) is 3.83. The van der Waals surface area contributed by atoms with E-state index >= 15 is 0 Å². The van der Waals surface area contributed by atoms with Crippen LogP contribution in [0, 0.1) is 0 Å². The fraction of sp³-hybridized carbons (Fsp3) is 0.417. The van der Waals surface area contributed by atoms with Gasteiger partial charge in [0.2, 0.25) is 5.88 Å². The van der Waals surface area contributed by atoms with Gasteiger partial charge >= 0.3 is 0 Å². The standard InChI is InChI=1S/C19H19N5O2.C5H11N/c1-26-19-11-16(20-12-21-19)13-4-5-14(17(25)10-13)15-6-7-18(23-22-15)24-8-2-3-9-24;1-5(6)3-2-4-5/h4-7,10-12,25H,2-3,8-9H2,1H3;2-4,6H2,1H3. The van der Waals surface area contributed by atoms with Crippen molar-refractivity contribution in [1.29, 1.82) is 0 Å². The van der Waals surface area contributed by atoms with E-state index < -0.39 is 0 Å². The number of hydrogen-bond donors (Lipinski definition) is 2. The first-order valence-electron chi connectivity index (χ1n) is 11.0. The first-order valence-corrected chi connectivity index (χ1v) is 11.0. The van der Waals surface area contributed by atoms with Crippen molar-refractivity contribution < 1.29 is 9.84 Å². The molecule has 32 heavy (non-hydrogen) atoms. The molecule has 0 unspecified atom stereocenters. The van der Waals surface area contributed by atoms with Gasteiger partial charge in [0.1, 0.15) is 12.1 Å². The Morgan fingerprint density at radius 2 is 1.72 bits per heavy atom. The lowest BCUT2D eigenvalue weighted by Crippen LogP contribution is -2.42. The lowest BCUT2D eigenvalue weighted by Gasteiger charge is -2.33. The van der Waals surface area contributed by atoms with Gasteiger partial charge in [0, 0.05) is 35.8 Å². The van der Waals surface area contributed by atoms with Gasteiger partial charge in [-0.25, -0.2) is 9.97 Å². The summed E-state index contributed by atoms with van der Waals surface area (Å²) in [5.74, 6) is 1.49. The summed E-state index contributed by atoms with van der Waals surface area (Å²) >= 11 is 0. The van der Waals surface area contributed by atoms with Crippen LogP contribution in [0.3, 0.4) is 0 Å². The van der Waals surface area contributed by atoms with E-state index in [1.165, 1.54) is 38.4 Å². The van der Waals surface area contributed by atoms with Crippen LogP contribution in [-0.2, 0) is 0 Å². The van der Waals surface area contributed by atoms with Crippen molar-refractivity contribution in [3.8, 4) is 34.1 Å². The summed E-state index contributed by atoms with van der Waals surface area (Å²) in [5.41, 5.74) is 8.56. The predicted molar refractivity (Wildman–Crippen MR) is 125 cm³/mol. The number of anilines is 1. The summed E-state index contributed by atoms with van der Waals surface area (Å²) in [7, 11) is 1.55. The van der Waals surface area contributed by atoms with E-state index in [1.54, 1.807) is 19.2 Å². The second kappa shape index (κ2) is 9.48. The molecule has 3 heterocycles. The van der Waals surface area contributed by atoms with Gasteiger partial charge in [-0.2, -0.15) is 0 Å². The molecule has 3 N–H and O–H groups in total. The van der Waals surface area contributed by atoms with Gasteiger partial charge in [0.05, 0.1) is 18.5 Å². The third kappa shape index (κ3) is 5.13. The van der Waals surface area contributed by atoms with Crippen molar-refractivity contribution >= 4 is 5.82 Å². The summed E-state index contributed by atoms with van der Waals surface area (Å²) in [6.07, 6.45) is 7.62.